The zero-order valence-corrected chi connectivity index (χ0v) is 21.6. The Morgan fingerprint density at radius 3 is 2.84 bits per heavy atom. The van der Waals surface area contributed by atoms with Gasteiger partial charge in [0.2, 0.25) is 5.91 Å². The Kier molecular flexibility index (Phi) is 6.84. The summed E-state index contributed by atoms with van der Waals surface area (Å²) in [5, 5.41) is 19.9. The molecule has 0 saturated carbocycles. The molecule has 3 unspecified atom stereocenters. The van der Waals surface area contributed by atoms with Crippen molar-refractivity contribution in [1.29, 1.82) is 0 Å². The SMILES string of the molecule is Cn1ncc2cc(N3CCC(C(=O)NC(CN4CCCC4)C(O)c4cc(F)c5c(c4)OCCO5)C3)ccc21. The third-order valence-electron chi connectivity index (χ3n) is 7.98. The Hall–Kier alpha value is -3.37. The van der Waals surface area contributed by atoms with Crippen molar-refractivity contribution in [3.8, 4) is 11.5 Å². The van der Waals surface area contributed by atoms with E-state index in [2.05, 4.69) is 38.4 Å². The third kappa shape index (κ3) is 4.90. The van der Waals surface area contributed by atoms with Gasteiger partial charge in [-0.1, -0.05) is 0 Å². The number of aliphatic hydroxyl groups excluding tert-OH is 1. The quantitative estimate of drug-likeness (QED) is 0.492. The first-order valence-corrected chi connectivity index (χ1v) is 13.4. The van der Waals surface area contributed by atoms with Crippen molar-refractivity contribution in [2.75, 3.05) is 50.8 Å². The number of aliphatic hydroxyl groups is 1. The summed E-state index contributed by atoms with van der Waals surface area (Å²) in [4.78, 5) is 17.9. The van der Waals surface area contributed by atoms with Crippen LogP contribution in [0.3, 0.4) is 0 Å². The number of aromatic nitrogens is 2. The van der Waals surface area contributed by atoms with Gasteiger partial charge in [0.25, 0.3) is 0 Å². The molecule has 38 heavy (non-hydrogen) atoms. The summed E-state index contributed by atoms with van der Waals surface area (Å²) in [7, 11) is 1.92. The van der Waals surface area contributed by atoms with E-state index in [0.29, 0.717) is 25.3 Å². The fourth-order valence-corrected chi connectivity index (χ4v) is 5.86. The summed E-state index contributed by atoms with van der Waals surface area (Å²) in [6.45, 7) is 4.32. The highest BCUT2D eigenvalue weighted by molar-refractivity contribution is 5.84. The molecule has 3 aliphatic rings. The van der Waals surface area contributed by atoms with Gasteiger partial charge in [0.15, 0.2) is 17.3 Å². The van der Waals surface area contributed by atoms with Gasteiger partial charge < -0.3 is 29.7 Å². The molecule has 3 aromatic rings. The van der Waals surface area contributed by atoms with E-state index in [1.807, 2.05) is 17.9 Å². The predicted octanol–water partition coefficient (Wildman–Crippen LogP) is 2.62. The number of nitrogens with zero attached hydrogens (tertiary/aromatic N) is 4. The second kappa shape index (κ2) is 10.4. The van der Waals surface area contributed by atoms with Crippen molar-refractivity contribution in [1.82, 2.24) is 20.0 Å². The normalized spacial score (nSPS) is 21.1. The Balaban J connectivity index is 1.17. The molecule has 10 heteroatoms. The highest BCUT2D eigenvalue weighted by Gasteiger charge is 2.34. The van der Waals surface area contributed by atoms with Crippen LogP contribution in [0, 0.1) is 11.7 Å². The zero-order valence-electron chi connectivity index (χ0n) is 21.6. The fraction of sp³-hybridized carbons (Fsp3) is 0.500. The van der Waals surface area contributed by atoms with E-state index in [4.69, 9.17) is 9.47 Å². The number of ether oxygens (including phenoxy) is 2. The average Bonchev–Trinajstić information content (AvgIpc) is 3.70. The molecule has 2 saturated heterocycles. The number of nitrogens with one attached hydrogen (secondary N) is 1. The molecule has 0 radical (unpaired) electrons. The van der Waals surface area contributed by atoms with E-state index in [0.717, 1.165) is 55.5 Å². The lowest BCUT2D eigenvalue weighted by atomic mass is 9.99. The summed E-state index contributed by atoms with van der Waals surface area (Å²) in [6.07, 6.45) is 3.67. The van der Waals surface area contributed by atoms with Crippen LogP contribution in [0.1, 0.15) is 30.9 Å². The van der Waals surface area contributed by atoms with Crippen molar-refractivity contribution in [3.05, 3.63) is 47.9 Å². The predicted molar refractivity (Wildman–Crippen MR) is 141 cm³/mol. The van der Waals surface area contributed by atoms with Gasteiger partial charge in [-0.05, 0) is 68.2 Å². The molecule has 4 heterocycles. The molecule has 0 aliphatic carbocycles. The van der Waals surface area contributed by atoms with Crippen molar-refractivity contribution in [2.45, 2.75) is 31.4 Å². The van der Waals surface area contributed by atoms with Crippen LogP contribution < -0.4 is 19.7 Å². The Morgan fingerprint density at radius 2 is 2.00 bits per heavy atom. The lowest BCUT2D eigenvalue weighted by Gasteiger charge is -2.30. The van der Waals surface area contributed by atoms with Crippen molar-refractivity contribution in [2.24, 2.45) is 13.0 Å². The highest BCUT2D eigenvalue weighted by atomic mass is 19.1. The topological polar surface area (TPSA) is 92.1 Å². The molecule has 1 amide bonds. The molecule has 3 aliphatic heterocycles. The number of carbonyl (C=O) groups is 1. The second-order valence-corrected chi connectivity index (χ2v) is 10.5. The number of amides is 1. The van der Waals surface area contributed by atoms with Crippen LogP contribution in [0.5, 0.6) is 11.5 Å². The second-order valence-electron chi connectivity index (χ2n) is 10.5. The fourth-order valence-electron chi connectivity index (χ4n) is 5.86. The van der Waals surface area contributed by atoms with Crippen LogP contribution >= 0.6 is 0 Å². The van der Waals surface area contributed by atoms with E-state index in [-0.39, 0.29) is 29.9 Å². The lowest BCUT2D eigenvalue weighted by Crippen LogP contribution is -2.48. The minimum atomic E-state index is -1.09. The number of likely N-dealkylation sites (tertiary alicyclic amines) is 1. The third-order valence-corrected chi connectivity index (χ3v) is 7.98. The summed E-state index contributed by atoms with van der Waals surface area (Å²) in [5.41, 5.74) is 2.51. The molecule has 6 rings (SSSR count). The Bertz CT molecular complexity index is 1320. The van der Waals surface area contributed by atoms with E-state index < -0.39 is 18.0 Å². The van der Waals surface area contributed by atoms with Crippen LogP contribution in [0.2, 0.25) is 0 Å². The lowest BCUT2D eigenvalue weighted by molar-refractivity contribution is -0.126. The number of hydrogen-bond acceptors (Lipinski definition) is 7. The number of benzene rings is 2. The van der Waals surface area contributed by atoms with Crippen molar-refractivity contribution >= 4 is 22.5 Å². The first-order valence-electron chi connectivity index (χ1n) is 13.4. The largest absolute Gasteiger partial charge is 0.486 e. The summed E-state index contributed by atoms with van der Waals surface area (Å²) < 4.78 is 27.6. The standard InChI is InChI=1S/C28H34FN5O4/c1-32-24-5-4-21(12-20(24)15-30-32)34-9-6-18(16-34)28(36)31-23(17-33-7-2-3-8-33)26(35)19-13-22(29)27-25(14-19)37-10-11-38-27/h4-5,12-15,18,23,26,35H,2-3,6-11,16-17H2,1H3,(H,31,36). The van der Waals surface area contributed by atoms with Gasteiger partial charge in [-0.3, -0.25) is 9.48 Å². The summed E-state index contributed by atoms with van der Waals surface area (Å²) >= 11 is 0. The van der Waals surface area contributed by atoms with Crippen LogP contribution in [0.25, 0.3) is 10.9 Å². The van der Waals surface area contributed by atoms with Gasteiger partial charge in [0, 0.05) is 37.8 Å². The molecule has 9 nitrogen and oxygen atoms in total. The number of halogens is 1. The van der Waals surface area contributed by atoms with Gasteiger partial charge >= 0.3 is 0 Å². The number of hydrogen-bond donors (Lipinski definition) is 2. The van der Waals surface area contributed by atoms with E-state index >= 15 is 0 Å². The maximum absolute atomic E-state index is 14.7. The van der Waals surface area contributed by atoms with Crippen LogP contribution in [-0.4, -0.2) is 77.7 Å². The average molecular weight is 524 g/mol. The Labute approximate surface area is 221 Å². The van der Waals surface area contributed by atoms with Gasteiger partial charge in [0.05, 0.1) is 23.7 Å². The molecule has 0 bridgehead atoms. The number of aryl methyl sites for hydroxylation is 1. The minimum absolute atomic E-state index is 0.0721. The van der Waals surface area contributed by atoms with Crippen molar-refractivity contribution < 1.29 is 23.8 Å². The van der Waals surface area contributed by atoms with Crippen LogP contribution in [0.4, 0.5) is 10.1 Å². The molecule has 202 valence electrons. The smallest absolute Gasteiger partial charge is 0.225 e. The number of fused-ring (bicyclic) bond motifs is 2. The molecule has 3 atom stereocenters. The maximum Gasteiger partial charge on any atom is 0.225 e. The van der Waals surface area contributed by atoms with E-state index in [9.17, 15) is 14.3 Å². The van der Waals surface area contributed by atoms with Gasteiger partial charge in [-0.15, -0.1) is 0 Å². The van der Waals surface area contributed by atoms with Gasteiger partial charge in [-0.25, -0.2) is 4.39 Å². The summed E-state index contributed by atoms with van der Waals surface area (Å²) in [5.74, 6) is -0.503. The van der Waals surface area contributed by atoms with E-state index in [1.165, 1.54) is 6.07 Å². The highest BCUT2D eigenvalue weighted by Crippen LogP contribution is 2.36. The molecule has 0 spiro atoms. The molecular formula is C28H34FN5O4. The monoisotopic (exact) mass is 523 g/mol. The van der Waals surface area contributed by atoms with Gasteiger partial charge in [0.1, 0.15) is 19.3 Å². The van der Waals surface area contributed by atoms with Gasteiger partial charge in [-0.2, -0.15) is 5.10 Å². The molecule has 1 aromatic heterocycles. The molecular weight excluding hydrogens is 489 g/mol. The zero-order chi connectivity index (χ0) is 26.2. The first-order chi connectivity index (χ1) is 18.5. The molecule has 2 N–H and O–H groups in total. The number of carbonyl (C=O) groups excluding carboxylic acids is 1. The van der Waals surface area contributed by atoms with Crippen LogP contribution in [0.15, 0.2) is 36.5 Å². The van der Waals surface area contributed by atoms with Crippen LogP contribution in [-0.2, 0) is 11.8 Å². The maximum atomic E-state index is 14.7. The first kappa shape index (κ1) is 24.9. The molecule has 2 aromatic carbocycles. The minimum Gasteiger partial charge on any atom is -0.486 e. The number of rotatable bonds is 7. The summed E-state index contributed by atoms with van der Waals surface area (Å²) in [6, 6.07) is 8.56. The Morgan fingerprint density at radius 1 is 1.18 bits per heavy atom. The number of anilines is 1. The van der Waals surface area contributed by atoms with E-state index in [1.54, 1.807) is 6.07 Å². The molecule has 2 fully saturated rings. The van der Waals surface area contributed by atoms with Crippen molar-refractivity contribution in [3.63, 3.8) is 0 Å².